The molecule has 0 saturated heterocycles. The Morgan fingerprint density at radius 1 is 1.12 bits per heavy atom. The summed E-state index contributed by atoms with van der Waals surface area (Å²) >= 11 is 1.87. The van der Waals surface area contributed by atoms with Gasteiger partial charge in [-0.25, -0.2) is 0 Å². The third-order valence-electron chi connectivity index (χ3n) is 2.52. The van der Waals surface area contributed by atoms with Gasteiger partial charge in [-0.2, -0.15) is 5.26 Å². The van der Waals surface area contributed by atoms with Gasteiger partial charge in [0.1, 0.15) is 0 Å². The second kappa shape index (κ2) is 5.58. The highest BCUT2D eigenvalue weighted by atomic mass is 32.2. The van der Waals surface area contributed by atoms with Crippen molar-refractivity contribution in [3.63, 3.8) is 0 Å². The quantitative estimate of drug-likeness (QED) is 0.778. The van der Waals surface area contributed by atoms with E-state index in [0.717, 1.165) is 24.2 Å². The molecule has 1 aromatic carbocycles. The summed E-state index contributed by atoms with van der Waals surface area (Å²) in [6.45, 7) is 0. The van der Waals surface area contributed by atoms with Gasteiger partial charge in [0, 0.05) is 11.3 Å². The molecule has 16 heavy (non-hydrogen) atoms. The molecule has 0 aromatic heterocycles. The minimum Gasteiger partial charge on any atom is -0.193 e. The van der Waals surface area contributed by atoms with E-state index in [-0.39, 0.29) is 0 Å². The first-order valence-electron chi connectivity index (χ1n) is 5.35. The van der Waals surface area contributed by atoms with Crippen molar-refractivity contribution in [2.45, 2.75) is 18.6 Å². The lowest BCUT2D eigenvalue weighted by Gasteiger charge is -2.10. The van der Waals surface area contributed by atoms with E-state index in [1.807, 2.05) is 23.9 Å². The standard InChI is InChI=1S/C14H13NS/c15-10-12-6-8-14(9-7-12)16-11-13-4-2-1-3-5-13/h1-6,8H,7,9,11H2. The van der Waals surface area contributed by atoms with Crippen LogP contribution < -0.4 is 0 Å². The summed E-state index contributed by atoms with van der Waals surface area (Å²) in [6, 6.07) is 12.7. The molecular formula is C14H13NS. The number of allylic oxidation sites excluding steroid dienone is 4. The average molecular weight is 227 g/mol. The Bertz CT molecular complexity index is 451. The van der Waals surface area contributed by atoms with Gasteiger partial charge < -0.3 is 0 Å². The predicted octanol–water partition coefficient (Wildman–Crippen LogP) is 4.05. The molecule has 0 fully saturated rings. The van der Waals surface area contributed by atoms with Crippen molar-refractivity contribution in [2.24, 2.45) is 0 Å². The highest BCUT2D eigenvalue weighted by Crippen LogP contribution is 2.29. The second-order valence-corrected chi connectivity index (χ2v) is 4.81. The van der Waals surface area contributed by atoms with Crippen LogP contribution in [-0.2, 0) is 5.75 Å². The fourth-order valence-electron chi connectivity index (χ4n) is 1.58. The molecule has 0 heterocycles. The van der Waals surface area contributed by atoms with E-state index < -0.39 is 0 Å². The molecule has 1 aromatic rings. The molecule has 0 unspecified atom stereocenters. The Labute approximate surface area is 100 Å². The van der Waals surface area contributed by atoms with Crippen LogP contribution in [0.2, 0.25) is 0 Å². The normalized spacial score (nSPS) is 14.9. The van der Waals surface area contributed by atoms with Crippen LogP contribution in [-0.4, -0.2) is 0 Å². The summed E-state index contributed by atoms with van der Waals surface area (Å²) in [4.78, 5) is 1.38. The lowest BCUT2D eigenvalue weighted by molar-refractivity contribution is 0.980. The maximum absolute atomic E-state index is 8.73. The van der Waals surface area contributed by atoms with Crippen molar-refractivity contribution >= 4 is 11.8 Å². The average Bonchev–Trinajstić information content (AvgIpc) is 2.38. The molecule has 0 bridgehead atoms. The Morgan fingerprint density at radius 3 is 2.56 bits per heavy atom. The van der Waals surface area contributed by atoms with Crippen molar-refractivity contribution in [3.05, 3.63) is 58.5 Å². The minimum atomic E-state index is 0.893. The summed E-state index contributed by atoms with van der Waals surface area (Å²) in [6.07, 6.45) is 5.92. The third-order valence-corrected chi connectivity index (χ3v) is 3.71. The molecule has 0 amide bonds. The third kappa shape index (κ3) is 3.01. The van der Waals surface area contributed by atoms with Crippen molar-refractivity contribution in [1.29, 1.82) is 5.26 Å². The fourth-order valence-corrected chi connectivity index (χ4v) is 2.54. The van der Waals surface area contributed by atoms with Gasteiger partial charge in [0.25, 0.3) is 0 Å². The number of thioether (sulfide) groups is 1. The van der Waals surface area contributed by atoms with E-state index in [1.54, 1.807) is 0 Å². The van der Waals surface area contributed by atoms with Crippen LogP contribution in [0.1, 0.15) is 18.4 Å². The maximum atomic E-state index is 8.73. The topological polar surface area (TPSA) is 23.8 Å². The van der Waals surface area contributed by atoms with Crippen LogP contribution in [0.5, 0.6) is 0 Å². The minimum absolute atomic E-state index is 0.893. The highest BCUT2D eigenvalue weighted by Gasteiger charge is 2.06. The summed E-state index contributed by atoms with van der Waals surface area (Å²) < 4.78 is 0. The molecule has 2 heteroatoms. The summed E-state index contributed by atoms with van der Waals surface area (Å²) in [5.41, 5.74) is 2.24. The number of nitrogens with zero attached hydrogens (tertiary/aromatic N) is 1. The van der Waals surface area contributed by atoms with Crippen LogP contribution in [0, 0.1) is 11.3 Å². The largest absolute Gasteiger partial charge is 0.193 e. The van der Waals surface area contributed by atoms with E-state index in [2.05, 4.69) is 36.4 Å². The zero-order chi connectivity index (χ0) is 11.2. The van der Waals surface area contributed by atoms with Gasteiger partial charge in [0.15, 0.2) is 0 Å². The second-order valence-electron chi connectivity index (χ2n) is 3.71. The predicted molar refractivity (Wildman–Crippen MR) is 68.8 cm³/mol. The van der Waals surface area contributed by atoms with Crippen LogP contribution in [0.3, 0.4) is 0 Å². The molecule has 0 N–H and O–H groups in total. The molecular weight excluding hydrogens is 214 g/mol. The van der Waals surface area contributed by atoms with Gasteiger partial charge in [-0.3, -0.25) is 0 Å². The van der Waals surface area contributed by atoms with E-state index >= 15 is 0 Å². The number of hydrogen-bond donors (Lipinski definition) is 0. The molecule has 80 valence electrons. The van der Waals surface area contributed by atoms with Gasteiger partial charge in [-0.05, 0) is 29.4 Å². The monoisotopic (exact) mass is 227 g/mol. The summed E-state index contributed by atoms with van der Waals surface area (Å²) in [5.74, 6) is 1.02. The van der Waals surface area contributed by atoms with Crippen molar-refractivity contribution in [1.82, 2.24) is 0 Å². The lowest BCUT2D eigenvalue weighted by atomic mass is 10.1. The van der Waals surface area contributed by atoms with Gasteiger partial charge in [0.05, 0.1) is 6.07 Å². The van der Waals surface area contributed by atoms with Crippen molar-refractivity contribution < 1.29 is 0 Å². The Hall–Kier alpha value is -1.46. The number of nitriles is 1. The van der Waals surface area contributed by atoms with Crippen LogP contribution >= 0.6 is 11.8 Å². The molecule has 1 aliphatic rings. The molecule has 0 aliphatic heterocycles. The summed E-state index contributed by atoms with van der Waals surface area (Å²) in [7, 11) is 0. The first-order chi connectivity index (χ1) is 7.88. The molecule has 2 rings (SSSR count). The SMILES string of the molecule is N#CC1=CC=C(SCc2ccccc2)CC1. The lowest BCUT2D eigenvalue weighted by Crippen LogP contribution is -1.89. The fraction of sp³-hybridized carbons (Fsp3) is 0.214. The molecule has 1 aliphatic carbocycles. The van der Waals surface area contributed by atoms with Crippen LogP contribution in [0.15, 0.2) is 53.0 Å². The van der Waals surface area contributed by atoms with E-state index in [1.165, 1.54) is 10.5 Å². The smallest absolute Gasteiger partial charge is 0.0947 e. The number of benzene rings is 1. The first-order valence-corrected chi connectivity index (χ1v) is 6.33. The van der Waals surface area contributed by atoms with E-state index in [9.17, 15) is 0 Å². The van der Waals surface area contributed by atoms with E-state index in [0.29, 0.717) is 0 Å². The van der Waals surface area contributed by atoms with E-state index in [4.69, 9.17) is 5.26 Å². The van der Waals surface area contributed by atoms with Crippen LogP contribution in [0.4, 0.5) is 0 Å². The van der Waals surface area contributed by atoms with Gasteiger partial charge >= 0.3 is 0 Å². The van der Waals surface area contributed by atoms with Gasteiger partial charge in [-0.1, -0.05) is 36.4 Å². The Balaban J connectivity index is 1.91. The summed E-state index contributed by atoms with van der Waals surface area (Å²) in [5, 5.41) is 8.73. The van der Waals surface area contributed by atoms with Crippen LogP contribution in [0.25, 0.3) is 0 Å². The molecule has 0 saturated carbocycles. The molecule has 0 spiro atoms. The first kappa shape index (κ1) is 11.0. The molecule has 0 radical (unpaired) electrons. The van der Waals surface area contributed by atoms with Gasteiger partial charge in [-0.15, -0.1) is 11.8 Å². The maximum Gasteiger partial charge on any atom is 0.0947 e. The Kier molecular flexibility index (Phi) is 3.85. The number of rotatable bonds is 3. The molecule has 1 nitrogen and oxygen atoms in total. The van der Waals surface area contributed by atoms with Crippen molar-refractivity contribution in [2.75, 3.05) is 0 Å². The van der Waals surface area contributed by atoms with Crippen molar-refractivity contribution in [3.8, 4) is 6.07 Å². The zero-order valence-corrected chi connectivity index (χ0v) is 9.83. The highest BCUT2D eigenvalue weighted by molar-refractivity contribution is 8.02. The molecule has 0 atom stereocenters. The Morgan fingerprint density at radius 2 is 1.94 bits per heavy atom. The van der Waals surface area contributed by atoms with Gasteiger partial charge in [0.2, 0.25) is 0 Å². The zero-order valence-electron chi connectivity index (χ0n) is 9.02. The number of hydrogen-bond acceptors (Lipinski definition) is 2.